The molecule has 0 fully saturated rings. The molecule has 0 heterocycles. The van der Waals surface area contributed by atoms with Crippen molar-refractivity contribution in [2.45, 2.75) is 195 Å². The molecule has 53 heavy (non-hydrogen) atoms. The number of allylic oxidation sites excluding steroid dienone is 2. The zero-order valence-corrected chi connectivity index (χ0v) is 35.9. The summed E-state index contributed by atoms with van der Waals surface area (Å²) in [6, 6.07) is 0. The van der Waals surface area contributed by atoms with E-state index >= 15 is 0 Å². The van der Waals surface area contributed by atoms with Crippen molar-refractivity contribution in [3.8, 4) is 0 Å². The molecule has 7 nitrogen and oxygen atoms in total. The van der Waals surface area contributed by atoms with E-state index in [2.05, 4.69) is 65.8 Å². The van der Waals surface area contributed by atoms with Gasteiger partial charge in [-0.1, -0.05) is 149 Å². The Hall–Kier alpha value is -2.15. The van der Waals surface area contributed by atoms with E-state index in [0.717, 1.165) is 103 Å². The van der Waals surface area contributed by atoms with Crippen LogP contribution in [0.4, 0.5) is 0 Å². The average molecular weight is 748 g/mol. The van der Waals surface area contributed by atoms with Crippen LogP contribution in [0.5, 0.6) is 0 Å². The molecule has 0 aromatic carbocycles. The summed E-state index contributed by atoms with van der Waals surface area (Å²) in [6.07, 6.45) is 33.9. The number of hydrogen-bond donors (Lipinski definition) is 0. The summed E-state index contributed by atoms with van der Waals surface area (Å²) < 4.78 is 16.6. The van der Waals surface area contributed by atoms with Gasteiger partial charge in [-0.05, 0) is 83.2 Å². The molecule has 0 spiro atoms. The Bertz CT molecular complexity index is 890. The molecular formula is C46H85NO6. The molecule has 1 unspecified atom stereocenters. The van der Waals surface area contributed by atoms with Gasteiger partial charge in [-0.25, -0.2) is 0 Å². The van der Waals surface area contributed by atoms with Crippen molar-refractivity contribution in [2.24, 2.45) is 17.3 Å². The molecule has 0 N–H and O–H groups in total. The molecule has 0 amide bonds. The molecule has 310 valence electrons. The molecule has 0 aliphatic heterocycles. The third-order valence-electron chi connectivity index (χ3n) is 9.82. The highest BCUT2D eigenvalue weighted by atomic mass is 16.5. The first kappa shape index (κ1) is 50.9. The smallest absolute Gasteiger partial charge is 0.308 e. The molecule has 0 aliphatic rings. The standard InChI is InChI=1S/C46H85NO6/c1-8-10-12-14-16-24-30-36-51-43(48)34-28-22-18-20-26-32-42(45(50)53-39-41(3)38-46(4,5)40-47(6)7)33-27-21-19-23-29-35-44(49)52-37-31-25-17-15-13-11-9-2/h24-25,30-31,41-42H,8-23,26-29,32-40H2,1-7H3/b30-24-,31-25-. The number of rotatable bonds is 37. The Kier molecular flexibility index (Phi) is 34.1. The number of esters is 3. The molecule has 0 aromatic heterocycles. The molecule has 0 bridgehead atoms. The fourth-order valence-corrected chi connectivity index (χ4v) is 7.20. The summed E-state index contributed by atoms with van der Waals surface area (Å²) in [5.41, 5.74) is 0.164. The van der Waals surface area contributed by atoms with E-state index < -0.39 is 0 Å². The molecule has 0 rings (SSSR count). The van der Waals surface area contributed by atoms with Gasteiger partial charge in [0.2, 0.25) is 0 Å². The van der Waals surface area contributed by atoms with Crippen LogP contribution in [0.25, 0.3) is 0 Å². The lowest BCUT2D eigenvalue weighted by molar-refractivity contribution is -0.151. The highest BCUT2D eigenvalue weighted by Crippen LogP contribution is 2.27. The quantitative estimate of drug-likeness (QED) is 0.0271. The van der Waals surface area contributed by atoms with Crippen LogP contribution < -0.4 is 0 Å². The highest BCUT2D eigenvalue weighted by molar-refractivity contribution is 5.72. The van der Waals surface area contributed by atoms with Crippen molar-refractivity contribution in [1.29, 1.82) is 0 Å². The largest absolute Gasteiger partial charge is 0.465 e. The first-order valence-corrected chi connectivity index (χ1v) is 21.9. The number of hydrogen-bond acceptors (Lipinski definition) is 7. The van der Waals surface area contributed by atoms with Gasteiger partial charge in [-0.3, -0.25) is 14.4 Å². The van der Waals surface area contributed by atoms with Crippen LogP contribution in [-0.4, -0.2) is 63.3 Å². The van der Waals surface area contributed by atoms with E-state index in [1.54, 1.807) is 0 Å². The van der Waals surface area contributed by atoms with Gasteiger partial charge in [0.15, 0.2) is 0 Å². The first-order chi connectivity index (χ1) is 25.5. The number of carbonyl (C=O) groups excluding carboxylic acids is 3. The first-order valence-electron chi connectivity index (χ1n) is 21.9. The Labute approximate surface area is 327 Å². The van der Waals surface area contributed by atoms with Crippen molar-refractivity contribution in [1.82, 2.24) is 4.90 Å². The summed E-state index contributed by atoms with van der Waals surface area (Å²) in [5.74, 6) is -0.0249. The lowest BCUT2D eigenvalue weighted by Crippen LogP contribution is -2.31. The normalized spacial score (nSPS) is 12.7. The Balaban J connectivity index is 4.47. The molecule has 1 atom stereocenters. The van der Waals surface area contributed by atoms with Gasteiger partial charge in [0.25, 0.3) is 0 Å². The summed E-state index contributed by atoms with van der Waals surface area (Å²) in [5, 5.41) is 0. The minimum atomic E-state index is -0.112. The second kappa shape index (κ2) is 35.5. The highest BCUT2D eigenvalue weighted by Gasteiger charge is 2.25. The third kappa shape index (κ3) is 35.3. The predicted molar refractivity (Wildman–Crippen MR) is 223 cm³/mol. The number of carbonyl (C=O) groups is 3. The van der Waals surface area contributed by atoms with Gasteiger partial charge in [0.1, 0.15) is 13.2 Å². The second-order valence-electron chi connectivity index (χ2n) is 16.7. The molecule has 0 radical (unpaired) electrons. The fraction of sp³-hybridized carbons (Fsp3) is 0.848. The van der Waals surface area contributed by atoms with Crippen LogP contribution >= 0.6 is 0 Å². The number of nitrogens with zero attached hydrogens (tertiary/aromatic N) is 1. The van der Waals surface area contributed by atoms with Crippen molar-refractivity contribution in [2.75, 3.05) is 40.5 Å². The molecular weight excluding hydrogens is 663 g/mol. The monoisotopic (exact) mass is 748 g/mol. The predicted octanol–water partition coefficient (Wildman–Crippen LogP) is 12.4. The van der Waals surface area contributed by atoms with Crippen LogP contribution in [0.1, 0.15) is 195 Å². The van der Waals surface area contributed by atoms with Gasteiger partial charge in [0.05, 0.1) is 12.5 Å². The van der Waals surface area contributed by atoms with Crippen LogP contribution in [-0.2, 0) is 28.6 Å². The molecule has 0 aliphatic carbocycles. The summed E-state index contributed by atoms with van der Waals surface area (Å²) in [7, 11) is 4.21. The SMILES string of the molecule is CCCCCC/C=C\COC(=O)CCCCCCCC(CCCCCCCC(=O)OC/C=C\CCCCCC)C(=O)OCC(C)CC(C)(C)CN(C)C. The lowest BCUT2D eigenvalue weighted by atomic mass is 9.83. The van der Waals surface area contributed by atoms with Gasteiger partial charge in [0, 0.05) is 19.4 Å². The van der Waals surface area contributed by atoms with Crippen LogP contribution in [0.3, 0.4) is 0 Å². The lowest BCUT2D eigenvalue weighted by Gasteiger charge is -2.31. The van der Waals surface area contributed by atoms with E-state index in [-0.39, 0.29) is 29.2 Å². The third-order valence-corrected chi connectivity index (χ3v) is 9.82. The van der Waals surface area contributed by atoms with Crippen LogP contribution in [0.15, 0.2) is 24.3 Å². The molecule has 0 aromatic rings. The van der Waals surface area contributed by atoms with Crippen molar-refractivity contribution in [3.05, 3.63) is 24.3 Å². The zero-order chi connectivity index (χ0) is 39.4. The van der Waals surface area contributed by atoms with E-state index in [0.29, 0.717) is 38.6 Å². The topological polar surface area (TPSA) is 82.1 Å². The van der Waals surface area contributed by atoms with Gasteiger partial charge in [-0.15, -0.1) is 0 Å². The molecule has 7 heteroatoms. The molecule has 0 saturated heterocycles. The van der Waals surface area contributed by atoms with E-state index in [4.69, 9.17) is 14.2 Å². The fourth-order valence-electron chi connectivity index (χ4n) is 7.20. The van der Waals surface area contributed by atoms with E-state index in [9.17, 15) is 14.4 Å². The Morgan fingerprint density at radius 3 is 1.47 bits per heavy atom. The summed E-state index contributed by atoms with van der Waals surface area (Å²) in [6.45, 7) is 13.4. The minimum absolute atomic E-state index is 0.0437. The number of ether oxygens (including phenoxy) is 3. The van der Waals surface area contributed by atoms with Crippen molar-refractivity contribution in [3.63, 3.8) is 0 Å². The van der Waals surface area contributed by atoms with Crippen molar-refractivity contribution < 1.29 is 28.6 Å². The van der Waals surface area contributed by atoms with Gasteiger partial charge >= 0.3 is 17.9 Å². The summed E-state index contributed by atoms with van der Waals surface area (Å²) in [4.78, 5) is 39.7. The maximum Gasteiger partial charge on any atom is 0.308 e. The van der Waals surface area contributed by atoms with E-state index in [1.807, 2.05) is 12.2 Å². The van der Waals surface area contributed by atoms with E-state index in [1.165, 1.54) is 51.4 Å². The average Bonchev–Trinajstić information content (AvgIpc) is 3.10. The van der Waals surface area contributed by atoms with Crippen LogP contribution in [0, 0.1) is 17.3 Å². The summed E-state index contributed by atoms with van der Waals surface area (Å²) >= 11 is 0. The maximum atomic E-state index is 13.3. The van der Waals surface area contributed by atoms with Gasteiger partial charge in [-0.2, -0.15) is 0 Å². The van der Waals surface area contributed by atoms with Gasteiger partial charge < -0.3 is 19.1 Å². The minimum Gasteiger partial charge on any atom is -0.465 e. The maximum absolute atomic E-state index is 13.3. The Morgan fingerprint density at radius 2 is 1.02 bits per heavy atom. The van der Waals surface area contributed by atoms with Crippen LogP contribution in [0.2, 0.25) is 0 Å². The number of unbranched alkanes of at least 4 members (excludes halogenated alkanes) is 16. The molecule has 0 saturated carbocycles. The second-order valence-corrected chi connectivity index (χ2v) is 16.7. The zero-order valence-electron chi connectivity index (χ0n) is 35.9. The Morgan fingerprint density at radius 1 is 0.585 bits per heavy atom. The van der Waals surface area contributed by atoms with Crippen molar-refractivity contribution >= 4 is 17.9 Å².